The van der Waals surface area contributed by atoms with Gasteiger partial charge in [-0.25, -0.2) is 4.98 Å². The molecule has 1 spiro atoms. The topological polar surface area (TPSA) is 54.2 Å². The minimum absolute atomic E-state index is 0.565. The fraction of sp³-hybridized carbons (Fsp3) is 0.562. The maximum absolute atomic E-state index is 5.76. The molecule has 0 amide bonds. The van der Waals surface area contributed by atoms with Crippen LogP contribution in [-0.4, -0.2) is 36.1 Å². The van der Waals surface area contributed by atoms with Crippen LogP contribution >= 0.6 is 0 Å². The first-order chi connectivity index (χ1) is 9.69. The maximum atomic E-state index is 5.76. The predicted molar refractivity (Wildman–Crippen MR) is 83.0 cm³/mol. The lowest BCUT2D eigenvalue weighted by Crippen LogP contribution is -2.44. The highest BCUT2D eigenvalue weighted by Crippen LogP contribution is 2.40. The van der Waals surface area contributed by atoms with Crippen molar-refractivity contribution in [2.75, 3.05) is 31.9 Å². The lowest BCUT2D eigenvalue weighted by Gasteiger charge is -2.45. The van der Waals surface area contributed by atoms with Gasteiger partial charge in [-0.2, -0.15) is 0 Å². The smallest absolute Gasteiger partial charge is 0.123 e. The molecular formula is C16H24N4. The van der Waals surface area contributed by atoms with Crippen LogP contribution in [0.5, 0.6) is 0 Å². The van der Waals surface area contributed by atoms with E-state index in [0.29, 0.717) is 11.2 Å². The van der Waals surface area contributed by atoms with Crippen LogP contribution in [0.3, 0.4) is 0 Å². The molecule has 0 atom stereocenters. The number of pyridine rings is 1. The van der Waals surface area contributed by atoms with Crippen molar-refractivity contribution in [2.24, 2.45) is 5.41 Å². The Morgan fingerprint density at radius 1 is 1.25 bits per heavy atom. The number of nitrogen functional groups attached to an aromatic ring is 1. The number of piperidine rings is 2. The number of likely N-dealkylation sites (tertiary alicyclic amines) is 1. The van der Waals surface area contributed by atoms with Gasteiger partial charge >= 0.3 is 0 Å². The average molecular weight is 272 g/mol. The molecule has 20 heavy (non-hydrogen) atoms. The number of rotatable bonds is 2. The van der Waals surface area contributed by atoms with Gasteiger partial charge in [0.1, 0.15) is 5.82 Å². The summed E-state index contributed by atoms with van der Waals surface area (Å²) < 4.78 is 0. The molecule has 3 rings (SSSR count). The number of nitrogens with zero attached hydrogens (tertiary/aromatic N) is 2. The quantitative estimate of drug-likeness (QED) is 0.865. The molecule has 2 fully saturated rings. The van der Waals surface area contributed by atoms with Crippen LogP contribution in [0.15, 0.2) is 24.9 Å². The summed E-state index contributed by atoms with van der Waals surface area (Å²) in [5, 5.41) is 3.47. The molecule has 2 saturated heterocycles. The van der Waals surface area contributed by atoms with E-state index in [0.717, 1.165) is 24.4 Å². The van der Waals surface area contributed by atoms with E-state index in [2.05, 4.69) is 21.8 Å². The molecule has 0 saturated carbocycles. The van der Waals surface area contributed by atoms with Gasteiger partial charge < -0.3 is 16.0 Å². The van der Waals surface area contributed by atoms with Crippen molar-refractivity contribution < 1.29 is 0 Å². The number of nitrogens with two attached hydrogens (primary N) is 1. The Balaban J connectivity index is 1.64. The second-order valence-corrected chi connectivity index (χ2v) is 6.15. The van der Waals surface area contributed by atoms with Gasteiger partial charge in [-0.1, -0.05) is 6.58 Å². The van der Waals surface area contributed by atoms with Gasteiger partial charge in [0.25, 0.3) is 0 Å². The van der Waals surface area contributed by atoms with E-state index < -0.39 is 0 Å². The first-order valence-electron chi connectivity index (χ1n) is 7.55. The first kappa shape index (κ1) is 13.4. The largest absolute Gasteiger partial charge is 0.384 e. The van der Waals surface area contributed by atoms with Crippen molar-refractivity contribution in [1.82, 2.24) is 15.2 Å². The Bertz CT molecular complexity index is 481. The van der Waals surface area contributed by atoms with Crippen LogP contribution in [-0.2, 0) is 0 Å². The lowest BCUT2D eigenvalue weighted by atomic mass is 9.71. The molecule has 0 bridgehead atoms. The summed E-state index contributed by atoms with van der Waals surface area (Å²) in [7, 11) is 0. The molecule has 0 aromatic carbocycles. The Labute approximate surface area is 121 Å². The van der Waals surface area contributed by atoms with E-state index >= 15 is 0 Å². The van der Waals surface area contributed by atoms with Crippen LogP contribution < -0.4 is 11.1 Å². The third kappa shape index (κ3) is 2.66. The van der Waals surface area contributed by atoms with Gasteiger partial charge in [-0.3, -0.25) is 0 Å². The van der Waals surface area contributed by atoms with Crippen LogP contribution in [0.4, 0.5) is 5.82 Å². The molecule has 3 heterocycles. The zero-order valence-electron chi connectivity index (χ0n) is 12.1. The highest BCUT2D eigenvalue weighted by atomic mass is 15.1. The van der Waals surface area contributed by atoms with Gasteiger partial charge in [0, 0.05) is 30.5 Å². The molecule has 4 heteroatoms. The van der Waals surface area contributed by atoms with Crippen LogP contribution in [0.2, 0.25) is 0 Å². The molecule has 4 nitrogen and oxygen atoms in total. The van der Waals surface area contributed by atoms with E-state index in [1.807, 2.05) is 12.1 Å². The van der Waals surface area contributed by atoms with Gasteiger partial charge in [-0.15, -0.1) is 0 Å². The third-order valence-corrected chi connectivity index (χ3v) is 4.98. The summed E-state index contributed by atoms with van der Waals surface area (Å²) in [4.78, 5) is 6.45. The SMILES string of the molecule is C=C(c1ccnc(N)c1)N1CCC2(CCNCC2)CC1. The number of nitrogens with one attached hydrogen (secondary N) is 1. The molecule has 1 aromatic heterocycles. The zero-order valence-corrected chi connectivity index (χ0v) is 12.1. The van der Waals surface area contributed by atoms with Crippen molar-refractivity contribution in [3.05, 3.63) is 30.5 Å². The van der Waals surface area contributed by atoms with Crippen LogP contribution in [0.25, 0.3) is 5.70 Å². The highest BCUT2D eigenvalue weighted by Gasteiger charge is 2.35. The van der Waals surface area contributed by atoms with E-state index in [1.54, 1.807) is 6.20 Å². The second kappa shape index (κ2) is 5.44. The van der Waals surface area contributed by atoms with Crippen molar-refractivity contribution in [2.45, 2.75) is 25.7 Å². The molecule has 0 unspecified atom stereocenters. The molecule has 2 aliphatic heterocycles. The Morgan fingerprint density at radius 3 is 2.60 bits per heavy atom. The Hall–Kier alpha value is -1.55. The summed E-state index contributed by atoms with van der Waals surface area (Å²) in [6.07, 6.45) is 6.99. The summed E-state index contributed by atoms with van der Waals surface area (Å²) in [6.45, 7) is 8.84. The Morgan fingerprint density at radius 2 is 1.95 bits per heavy atom. The maximum Gasteiger partial charge on any atom is 0.123 e. The van der Waals surface area contributed by atoms with Gasteiger partial charge in [0.2, 0.25) is 0 Å². The summed E-state index contributed by atoms with van der Waals surface area (Å²) in [5.74, 6) is 0.565. The van der Waals surface area contributed by atoms with Crippen LogP contribution in [0, 0.1) is 5.41 Å². The summed E-state index contributed by atoms with van der Waals surface area (Å²) in [6, 6.07) is 3.91. The highest BCUT2D eigenvalue weighted by molar-refractivity contribution is 5.63. The van der Waals surface area contributed by atoms with Gasteiger partial charge in [-0.05, 0) is 56.3 Å². The monoisotopic (exact) mass is 272 g/mol. The minimum atomic E-state index is 0.565. The van der Waals surface area contributed by atoms with Gasteiger partial charge in [0.05, 0.1) is 0 Å². The Kier molecular flexibility index (Phi) is 3.66. The van der Waals surface area contributed by atoms with Crippen LogP contribution in [0.1, 0.15) is 31.2 Å². The number of hydrogen-bond donors (Lipinski definition) is 2. The number of aromatic nitrogens is 1. The third-order valence-electron chi connectivity index (χ3n) is 4.98. The van der Waals surface area contributed by atoms with Crippen molar-refractivity contribution in [1.29, 1.82) is 0 Å². The van der Waals surface area contributed by atoms with E-state index in [4.69, 9.17) is 5.73 Å². The van der Waals surface area contributed by atoms with Gasteiger partial charge in [0.15, 0.2) is 0 Å². The predicted octanol–water partition coefficient (Wildman–Crippen LogP) is 2.10. The number of anilines is 1. The average Bonchev–Trinajstić information content (AvgIpc) is 2.48. The molecule has 0 aliphatic carbocycles. The first-order valence-corrected chi connectivity index (χ1v) is 7.55. The molecule has 2 aliphatic rings. The zero-order chi connectivity index (χ0) is 14.0. The molecular weight excluding hydrogens is 248 g/mol. The summed E-state index contributed by atoms with van der Waals surface area (Å²) in [5.41, 5.74) is 8.52. The van der Waals surface area contributed by atoms with E-state index in [9.17, 15) is 0 Å². The van der Waals surface area contributed by atoms with Crippen molar-refractivity contribution in [3.63, 3.8) is 0 Å². The molecule has 108 valence electrons. The molecule has 0 radical (unpaired) electrons. The number of hydrogen-bond acceptors (Lipinski definition) is 4. The van der Waals surface area contributed by atoms with E-state index in [1.165, 1.54) is 38.8 Å². The molecule has 1 aromatic rings. The van der Waals surface area contributed by atoms with Crippen molar-refractivity contribution >= 4 is 11.5 Å². The summed E-state index contributed by atoms with van der Waals surface area (Å²) >= 11 is 0. The fourth-order valence-corrected chi connectivity index (χ4v) is 3.52. The lowest BCUT2D eigenvalue weighted by molar-refractivity contribution is 0.102. The standard InChI is InChI=1S/C16H24N4/c1-13(14-2-7-19-15(17)12-14)20-10-5-16(6-11-20)3-8-18-9-4-16/h2,7,12,18H,1,3-6,8-11H2,(H2,17,19). The van der Waals surface area contributed by atoms with E-state index in [-0.39, 0.29) is 0 Å². The van der Waals surface area contributed by atoms with Crippen molar-refractivity contribution in [3.8, 4) is 0 Å². The minimum Gasteiger partial charge on any atom is -0.384 e. The fourth-order valence-electron chi connectivity index (χ4n) is 3.52. The second-order valence-electron chi connectivity index (χ2n) is 6.15. The normalized spacial score (nSPS) is 21.9. The molecule has 3 N–H and O–H groups in total.